The van der Waals surface area contributed by atoms with E-state index in [1.165, 1.54) is 6.42 Å². The van der Waals surface area contributed by atoms with Crippen LogP contribution >= 0.6 is 0 Å². The Morgan fingerprint density at radius 1 is 1.35 bits per heavy atom. The minimum Gasteiger partial charge on any atom is -0.374 e. The minimum atomic E-state index is -0.0225. The van der Waals surface area contributed by atoms with E-state index in [0.717, 1.165) is 25.0 Å². The van der Waals surface area contributed by atoms with Gasteiger partial charge in [-0.05, 0) is 30.9 Å². The molecule has 0 spiro atoms. The van der Waals surface area contributed by atoms with Crippen LogP contribution < -0.4 is 0 Å². The fraction of sp³-hybridized carbons (Fsp3) is 0.615. The van der Waals surface area contributed by atoms with Crippen LogP contribution in [0.4, 0.5) is 0 Å². The largest absolute Gasteiger partial charge is 0.374 e. The molecule has 0 N–H and O–H groups in total. The monoisotopic (exact) mass is 237 g/mol. The highest BCUT2D eigenvalue weighted by Crippen LogP contribution is 2.13. The molecule has 1 aromatic rings. The van der Waals surface area contributed by atoms with E-state index in [2.05, 4.69) is 4.98 Å². The summed E-state index contributed by atoms with van der Waals surface area (Å²) in [5.74, 6) is 0. The average molecular weight is 237 g/mol. The maximum absolute atomic E-state index is 5.56. The van der Waals surface area contributed by atoms with E-state index < -0.39 is 0 Å². The molecule has 1 fully saturated rings. The summed E-state index contributed by atoms with van der Waals surface area (Å²) >= 11 is 0. The molecule has 2 rings (SSSR count). The zero-order valence-electron chi connectivity index (χ0n) is 10.0. The van der Waals surface area contributed by atoms with Crippen LogP contribution in [0.2, 0.25) is 0 Å². The lowest BCUT2D eigenvalue weighted by Crippen LogP contribution is -2.23. The first-order chi connectivity index (χ1) is 8.45. The summed E-state index contributed by atoms with van der Waals surface area (Å²) in [4.78, 5) is 4.03. The van der Waals surface area contributed by atoms with Gasteiger partial charge in [-0.25, -0.2) is 0 Å². The summed E-state index contributed by atoms with van der Waals surface area (Å²) in [6.45, 7) is 2.59. The standard InChI is InChI=1S/C13H19NO3/c1-2-7-16-13(5-1)17-9-8-15-11-12-4-3-6-14-10-12/h3-4,6,10,13H,1-2,5,7-9,11H2. The maximum atomic E-state index is 5.56. The molecule has 2 heterocycles. The smallest absolute Gasteiger partial charge is 0.157 e. The molecule has 1 atom stereocenters. The van der Waals surface area contributed by atoms with Crippen LogP contribution in [0, 0.1) is 0 Å². The molecule has 0 aliphatic carbocycles. The third-order valence-corrected chi connectivity index (χ3v) is 2.66. The van der Waals surface area contributed by atoms with Crippen molar-refractivity contribution in [2.45, 2.75) is 32.2 Å². The summed E-state index contributed by atoms with van der Waals surface area (Å²) < 4.78 is 16.5. The van der Waals surface area contributed by atoms with Gasteiger partial charge >= 0.3 is 0 Å². The Morgan fingerprint density at radius 2 is 2.35 bits per heavy atom. The van der Waals surface area contributed by atoms with Crippen molar-refractivity contribution in [3.8, 4) is 0 Å². The maximum Gasteiger partial charge on any atom is 0.157 e. The zero-order valence-corrected chi connectivity index (χ0v) is 10.0. The number of pyridine rings is 1. The molecule has 1 aliphatic heterocycles. The Morgan fingerprint density at radius 3 is 3.12 bits per heavy atom. The van der Waals surface area contributed by atoms with Crippen molar-refractivity contribution in [2.24, 2.45) is 0 Å². The SMILES string of the molecule is c1cncc(COCCOC2CCCCO2)c1. The quantitative estimate of drug-likeness (QED) is 0.711. The van der Waals surface area contributed by atoms with Crippen LogP contribution in [0.5, 0.6) is 0 Å². The normalized spacial score (nSPS) is 20.4. The van der Waals surface area contributed by atoms with E-state index in [0.29, 0.717) is 19.8 Å². The van der Waals surface area contributed by atoms with Crippen molar-refractivity contribution in [2.75, 3.05) is 19.8 Å². The number of ether oxygens (including phenoxy) is 3. The van der Waals surface area contributed by atoms with Crippen LogP contribution in [0.1, 0.15) is 24.8 Å². The van der Waals surface area contributed by atoms with Gasteiger partial charge in [0.15, 0.2) is 6.29 Å². The first-order valence-electron chi connectivity index (χ1n) is 6.15. The highest BCUT2D eigenvalue weighted by atomic mass is 16.7. The van der Waals surface area contributed by atoms with Gasteiger partial charge in [-0.3, -0.25) is 4.98 Å². The van der Waals surface area contributed by atoms with Gasteiger partial charge in [-0.15, -0.1) is 0 Å². The van der Waals surface area contributed by atoms with Crippen molar-refractivity contribution in [3.63, 3.8) is 0 Å². The fourth-order valence-corrected chi connectivity index (χ4v) is 1.75. The second-order valence-electron chi connectivity index (χ2n) is 4.08. The molecule has 1 aromatic heterocycles. The van der Waals surface area contributed by atoms with Crippen molar-refractivity contribution in [1.29, 1.82) is 0 Å². The van der Waals surface area contributed by atoms with E-state index in [1.807, 2.05) is 18.3 Å². The van der Waals surface area contributed by atoms with Crippen LogP contribution in [-0.4, -0.2) is 31.1 Å². The molecule has 94 valence electrons. The number of rotatable bonds is 6. The summed E-state index contributed by atoms with van der Waals surface area (Å²) in [5.41, 5.74) is 1.08. The third-order valence-electron chi connectivity index (χ3n) is 2.66. The Hall–Kier alpha value is -0.970. The van der Waals surface area contributed by atoms with Gasteiger partial charge in [0, 0.05) is 19.0 Å². The molecule has 1 saturated heterocycles. The van der Waals surface area contributed by atoms with Crippen LogP contribution in [-0.2, 0) is 20.8 Å². The second-order valence-corrected chi connectivity index (χ2v) is 4.08. The van der Waals surface area contributed by atoms with Crippen molar-refractivity contribution in [1.82, 2.24) is 4.98 Å². The van der Waals surface area contributed by atoms with E-state index >= 15 is 0 Å². The van der Waals surface area contributed by atoms with Gasteiger partial charge in [0.05, 0.1) is 19.8 Å². The lowest BCUT2D eigenvalue weighted by atomic mass is 10.2. The van der Waals surface area contributed by atoms with Gasteiger partial charge in [0.2, 0.25) is 0 Å². The molecule has 0 aromatic carbocycles. The lowest BCUT2D eigenvalue weighted by molar-refractivity contribution is -0.169. The summed E-state index contributed by atoms with van der Waals surface area (Å²) in [7, 11) is 0. The van der Waals surface area contributed by atoms with E-state index in [1.54, 1.807) is 6.20 Å². The van der Waals surface area contributed by atoms with Gasteiger partial charge in [0.1, 0.15) is 0 Å². The van der Waals surface area contributed by atoms with E-state index in [9.17, 15) is 0 Å². The highest BCUT2D eigenvalue weighted by molar-refractivity contribution is 5.06. The van der Waals surface area contributed by atoms with Gasteiger partial charge in [-0.1, -0.05) is 6.07 Å². The number of hydrogen-bond acceptors (Lipinski definition) is 4. The Kier molecular flexibility index (Phi) is 5.42. The summed E-state index contributed by atoms with van der Waals surface area (Å²) in [5, 5.41) is 0. The second kappa shape index (κ2) is 7.37. The minimum absolute atomic E-state index is 0.0225. The Labute approximate surface area is 102 Å². The van der Waals surface area contributed by atoms with Crippen LogP contribution in [0.25, 0.3) is 0 Å². The molecule has 0 amide bonds. The Balaban J connectivity index is 1.51. The molecule has 17 heavy (non-hydrogen) atoms. The van der Waals surface area contributed by atoms with Gasteiger partial charge in [0.25, 0.3) is 0 Å². The van der Waals surface area contributed by atoms with Gasteiger partial charge < -0.3 is 14.2 Å². The summed E-state index contributed by atoms with van der Waals surface area (Å²) in [6, 6.07) is 3.91. The summed E-state index contributed by atoms with van der Waals surface area (Å²) in [6.07, 6.45) is 6.89. The van der Waals surface area contributed by atoms with E-state index in [-0.39, 0.29) is 6.29 Å². The number of hydrogen-bond donors (Lipinski definition) is 0. The highest BCUT2D eigenvalue weighted by Gasteiger charge is 2.13. The number of nitrogens with zero attached hydrogens (tertiary/aromatic N) is 1. The predicted octanol–water partition coefficient (Wildman–Crippen LogP) is 2.14. The Bertz CT molecular complexity index is 299. The fourth-order valence-electron chi connectivity index (χ4n) is 1.75. The van der Waals surface area contributed by atoms with Crippen molar-refractivity contribution >= 4 is 0 Å². The lowest BCUT2D eigenvalue weighted by Gasteiger charge is -2.22. The first-order valence-corrected chi connectivity index (χ1v) is 6.15. The van der Waals surface area contributed by atoms with Crippen LogP contribution in [0.15, 0.2) is 24.5 Å². The zero-order chi connectivity index (χ0) is 11.8. The van der Waals surface area contributed by atoms with Gasteiger partial charge in [-0.2, -0.15) is 0 Å². The molecule has 0 bridgehead atoms. The van der Waals surface area contributed by atoms with Crippen molar-refractivity contribution in [3.05, 3.63) is 30.1 Å². The molecule has 1 aliphatic rings. The molecule has 4 nitrogen and oxygen atoms in total. The van der Waals surface area contributed by atoms with Crippen molar-refractivity contribution < 1.29 is 14.2 Å². The van der Waals surface area contributed by atoms with E-state index in [4.69, 9.17) is 14.2 Å². The molecular formula is C13H19NO3. The average Bonchev–Trinajstić information content (AvgIpc) is 2.41. The first kappa shape index (κ1) is 12.5. The molecule has 4 heteroatoms. The predicted molar refractivity (Wildman–Crippen MR) is 63.4 cm³/mol. The molecule has 1 unspecified atom stereocenters. The molecule has 0 radical (unpaired) electrons. The topological polar surface area (TPSA) is 40.6 Å². The van der Waals surface area contributed by atoms with Crippen LogP contribution in [0.3, 0.4) is 0 Å². The molecule has 0 saturated carbocycles. The third kappa shape index (κ3) is 4.81. The molecular weight excluding hydrogens is 218 g/mol. The number of aromatic nitrogens is 1.